The molecule has 0 saturated carbocycles. The van der Waals surface area contributed by atoms with E-state index in [-0.39, 0.29) is 12.0 Å². The van der Waals surface area contributed by atoms with Gasteiger partial charge in [-0.1, -0.05) is 6.92 Å². The summed E-state index contributed by atoms with van der Waals surface area (Å²) in [6, 6.07) is 0. The van der Waals surface area contributed by atoms with Gasteiger partial charge in [0.15, 0.2) is 0 Å². The average Bonchev–Trinajstić information content (AvgIpc) is 2.39. The van der Waals surface area contributed by atoms with E-state index in [1.165, 1.54) is 0 Å². The summed E-state index contributed by atoms with van der Waals surface area (Å²) in [6.45, 7) is 9.05. The van der Waals surface area contributed by atoms with E-state index in [0.29, 0.717) is 13.2 Å². The molecule has 1 amide bonds. The van der Waals surface area contributed by atoms with Crippen LogP contribution < -0.4 is 5.32 Å². The Kier molecular flexibility index (Phi) is 4.15. The molecule has 2 rings (SSSR count). The van der Waals surface area contributed by atoms with E-state index < -0.39 is 0 Å². The molecule has 0 aromatic carbocycles. The van der Waals surface area contributed by atoms with Crippen LogP contribution in [0.3, 0.4) is 0 Å². The van der Waals surface area contributed by atoms with Crippen LogP contribution in [0.5, 0.6) is 0 Å². The van der Waals surface area contributed by atoms with Gasteiger partial charge in [0.25, 0.3) is 5.91 Å². The fourth-order valence-corrected chi connectivity index (χ4v) is 2.21. The number of morpholine rings is 1. The maximum atomic E-state index is 12.1. The molecule has 0 spiro atoms. The second kappa shape index (κ2) is 5.61. The minimum Gasteiger partial charge on any atom is -0.366 e. The minimum atomic E-state index is -0.262. The molecule has 0 aliphatic carbocycles. The average molecular weight is 227 g/mol. The summed E-state index contributed by atoms with van der Waals surface area (Å²) < 4.78 is 5.48. The topological polar surface area (TPSA) is 44.8 Å². The van der Waals surface area contributed by atoms with Crippen LogP contribution in [0, 0.1) is 0 Å². The minimum absolute atomic E-state index is 0.156. The second-order valence-electron chi connectivity index (χ2n) is 4.32. The highest BCUT2D eigenvalue weighted by Gasteiger charge is 2.28. The van der Waals surface area contributed by atoms with Crippen LogP contribution >= 0.6 is 0 Å². The molecule has 2 aliphatic heterocycles. The zero-order chi connectivity index (χ0) is 11.4. The van der Waals surface area contributed by atoms with Crippen LogP contribution in [0.4, 0.5) is 0 Å². The van der Waals surface area contributed by atoms with Gasteiger partial charge in [0.05, 0.1) is 6.61 Å². The zero-order valence-corrected chi connectivity index (χ0v) is 9.95. The van der Waals surface area contributed by atoms with Gasteiger partial charge in [0, 0.05) is 39.3 Å². The molecular formula is C11H21N3O2. The van der Waals surface area contributed by atoms with Crippen molar-refractivity contribution in [2.24, 2.45) is 0 Å². The predicted molar refractivity (Wildman–Crippen MR) is 61.3 cm³/mol. The fourth-order valence-electron chi connectivity index (χ4n) is 2.21. The first-order valence-corrected chi connectivity index (χ1v) is 6.14. The summed E-state index contributed by atoms with van der Waals surface area (Å²) in [5.41, 5.74) is 0. The van der Waals surface area contributed by atoms with Crippen LogP contribution in [0.2, 0.25) is 0 Å². The lowest BCUT2D eigenvalue weighted by atomic mass is 10.2. The van der Waals surface area contributed by atoms with Crippen molar-refractivity contribution in [2.75, 3.05) is 52.4 Å². The standard InChI is InChI=1S/C11H21N3O2/c1-2-13-4-6-14(7-5-13)11(15)10-9-12-3-8-16-10/h10,12H,2-9H2,1H3. The molecule has 2 heterocycles. The number of ether oxygens (including phenoxy) is 1. The number of hydrogen-bond donors (Lipinski definition) is 1. The first-order chi connectivity index (χ1) is 7.81. The number of rotatable bonds is 2. The number of amides is 1. The van der Waals surface area contributed by atoms with Crippen LogP contribution in [0.25, 0.3) is 0 Å². The Labute approximate surface area is 96.7 Å². The molecule has 92 valence electrons. The van der Waals surface area contributed by atoms with E-state index in [4.69, 9.17) is 4.74 Å². The number of hydrogen-bond acceptors (Lipinski definition) is 4. The summed E-state index contributed by atoms with van der Waals surface area (Å²) in [6.07, 6.45) is -0.262. The molecule has 0 radical (unpaired) electrons. The van der Waals surface area contributed by atoms with Gasteiger partial charge < -0.3 is 19.9 Å². The van der Waals surface area contributed by atoms with Crippen molar-refractivity contribution in [3.8, 4) is 0 Å². The SMILES string of the molecule is CCN1CCN(C(=O)C2CNCCO2)CC1. The number of nitrogens with zero attached hydrogens (tertiary/aromatic N) is 2. The molecule has 5 heteroatoms. The molecule has 2 fully saturated rings. The molecule has 2 saturated heterocycles. The van der Waals surface area contributed by atoms with Gasteiger partial charge in [-0.05, 0) is 6.54 Å². The normalized spacial score (nSPS) is 28.1. The summed E-state index contributed by atoms with van der Waals surface area (Å²) in [4.78, 5) is 16.4. The van der Waals surface area contributed by atoms with Gasteiger partial charge in [-0.3, -0.25) is 4.79 Å². The van der Waals surface area contributed by atoms with Crippen LogP contribution in [0.15, 0.2) is 0 Å². The predicted octanol–water partition coefficient (Wildman–Crippen LogP) is -0.861. The summed E-state index contributed by atoms with van der Waals surface area (Å²) in [7, 11) is 0. The maximum Gasteiger partial charge on any atom is 0.253 e. The van der Waals surface area contributed by atoms with Gasteiger partial charge in [0.1, 0.15) is 6.10 Å². The van der Waals surface area contributed by atoms with Crippen molar-refractivity contribution < 1.29 is 9.53 Å². The summed E-state index contributed by atoms with van der Waals surface area (Å²) in [5, 5.41) is 3.19. The van der Waals surface area contributed by atoms with Crippen LogP contribution in [0.1, 0.15) is 6.92 Å². The van der Waals surface area contributed by atoms with Crippen molar-refractivity contribution in [1.82, 2.24) is 15.1 Å². The zero-order valence-electron chi connectivity index (χ0n) is 9.95. The third kappa shape index (κ3) is 2.72. The molecule has 0 aromatic rings. The lowest BCUT2D eigenvalue weighted by Gasteiger charge is -2.36. The van der Waals surface area contributed by atoms with Gasteiger partial charge in [-0.2, -0.15) is 0 Å². The molecule has 16 heavy (non-hydrogen) atoms. The highest BCUT2D eigenvalue weighted by Crippen LogP contribution is 2.06. The lowest BCUT2D eigenvalue weighted by molar-refractivity contribution is -0.146. The largest absolute Gasteiger partial charge is 0.366 e. The number of likely N-dealkylation sites (N-methyl/N-ethyl adjacent to an activating group) is 1. The van der Waals surface area contributed by atoms with Crippen molar-refractivity contribution >= 4 is 5.91 Å². The van der Waals surface area contributed by atoms with Crippen molar-refractivity contribution in [3.63, 3.8) is 0 Å². The Balaban J connectivity index is 1.81. The molecule has 0 aromatic heterocycles. The smallest absolute Gasteiger partial charge is 0.253 e. The van der Waals surface area contributed by atoms with E-state index in [9.17, 15) is 4.79 Å². The monoisotopic (exact) mass is 227 g/mol. The Bertz CT molecular complexity index is 233. The molecular weight excluding hydrogens is 206 g/mol. The van der Waals surface area contributed by atoms with Crippen molar-refractivity contribution in [1.29, 1.82) is 0 Å². The Morgan fingerprint density at radius 3 is 2.69 bits per heavy atom. The number of carbonyl (C=O) groups is 1. The van der Waals surface area contributed by atoms with Gasteiger partial charge in [-0.15, -0.1) is 0 Å². The molecule has 2 aliphatic rings. The Morgan fingerprint density at radius 1 is 1.38 bits per heavy atom. The fraction of sp³-hybridized carbons (Fsp3) is 0.909. The highest BCUT2D eigenvalue weighted by molar-refractivity contribution is 5.81. The Hall–Kier alpha value is -0.650. The van der Waals surface area contributed by atoms with Gasteiger partial charge in [0.2, 0.25) is 0 Å². The van der Waals surface area contributed by atoms with E-state index in [0.717, 1.165) is 39.3 Å². The molecule has 5 nitrogen and oxygen atoms in total. The van der Waals surface area contributed by atoms with Crippen LogP contribution in [-0.4, -0.2) is 74.2 Å². The summed E-state index contributed by atoms with van der Waals surface area (Å²) >= 11 is 0. The van der Waals surface area contributed by atoms with Crippen LogP contribution in [-0.2, 0) is 9.53 Å². The molecule has 1 unspecified atom stereocenters. The van der Waals surface area contributed by atoms with Crippen molar-refractivity contribution in [3.05, 3.63) is 0 Å². The van der Waals surface area contributed by atoms with E-state index in [1.54, 1.807) is 0 Å². The second-order valence-corrected chi connectivity index (χ2v) is 4.32. The molecule has 0 bridgehead atoms. The third-order valence-electron chi connectivity index (χ3n) is 3.33. The lowest BCUT2D eigenvalue weighted by Crippen LogP contribution is -2.55. The van der Waals surface area contributed by atoms with E-state index >= 15 is 0 Å². The van der Waals surface area contributed by atoms with Gasteiger partial charge in [-0.25, -0.2) is 0 Å². The number of nitrogens with one attached hydrogen (secondary N) is 1. The number of piperazine rings is 1. The van der Waals surface area contributed by atoms with E-state index in [2.05, 4.69) is 17.1 Å². The maximum absolute atomic E-state index is 12.1. The highest BCUT2D eigenvalue weighted by atomic mass is 16.5. The number of carbonyl (C=O) groups excluding carboxylic acids is 1. The molecule has 1 N–H and O–H groups in total. The first-order valence-electron chi connectivity index (χ1n) is 6.14. The van der Waals surface area contributed by atoms with Gasteiger partial charge >= 0.3 is 0 Å². The Morgan fingerprint density at radius 2 is 2.12 bits per heavy atom. The quantitative estimate of drug-likeness (QED) is 0.667. The first kappa shape index (κ1) is 11.8. The third-order valence-corrected chi connectivity index (χ3v) is 3.33. The van der Waals surface area contributed by atoms with Crippen molar-refractivity contribution in [2.45, 2.75) is 13.0 Å². The molecule has 1 atom stereocenters. The van der Waals surface area contributed by atoms with E-state index in [1.807, 2.05) is 4.90 Å². The summed E-state index contributed by atoms with van der Waals surface area (Å²) in [5.74, 6) is 0.156.